The molecule has 0 bridgehead atoms. The smallest absolute Gasteiger partial charge is 0.405 e. The Morgan fingerprint density at radius 3 is 2.29 bits per heavy atom. The highest BCUT2D eigenvalue weighted by Gasteiger charge is 2.36. The molecule has 0 aliphatic carbocycles. The summed E-state index contributed by atoms with van der Waals surface area (Å²) >= 11 is 10.8. The van der Waals surface area contributed by atoms with Crippen LogP contribution in [0.1, 0.15) is 33.6 Å². The molecule has 0 spiro atoms. The zero-order chi connectivity index (χ0) is 13.7. The molecular weight excluding hydrogens is 279 g/mol. The number of alkyl halides is 1. The summed E-state index contributed by atoms with van der Waals surface area (Å²) in [6.45, 7) is 11.6. The topological polar surface area (TPSA) is 35.5 Å². The van der Waals surface area contributed by atoms with E-state index in [9.17, 15) is 4.79 Å². The molecule has 0 N–H and O–H groups in total. The second-order valence-electron chi connectivity index (χ2n) is 5.52. The van der Waals surface area contributed by atoms with Gasteiger partial charge in [0.2, 0.25) is 0 Å². The average molecular weight is 301 g/mol. The van der Waals surface area contributed by atoms with Crippen molar-refractivity contribution in [1.82, 2.24) is 0 Å². The van der Waals surface area contributed by atoms with Gasteiger partial charge in [-0.3, -0.25) is 0 Å². The summed E-state index contributed by atoms with van der Waals surface area (Å²) in [6.07, 6.45) is 1.31. The summed E-state index contributed by atoms with van der Waals surface area (Å²) in [5, 5.41) is 0.204. The molecule has 0 heterocycles. The molecule has 0 aliphatic rings. The van der Waals surface area contributed by atoms with E-state index in [1.807, 2.05) is 0 Å². The normalized spacial score (nSPS) is 14.5. The Hall–Kier alpha value is 0.227. The first-order valence-electron chi connectivity index (χ1n) is 5.70. The Labute approximate surface area is 115 Å². The van der Waals surface area contributed by atoms with Crippen molar-refractivity contribution in [3.05, 3.63) is 0 Å². The summed E-state index contributed by atoms with van der Waals surface area (Å²) in [5.41, 5.74) is -1.53. The molecule has 102 valence electrons. The lowest BCUT2D eigenvalue weighted by Gasteiger charge is -2.36. The maximum atomic E-state index is 10.4. The molecule has 0 rings (SSSR count). The molecule has 6 heteroatoms. The van der Waals surface area contributed by atoms with E-state index in [0.29, 0.717) is 13.0 Å². The van der Waals surface area contributed by atoms with Gasteiger partial charge in [0, 0.05) is 24.6 Å². The molecule has 0 aromatic rings. The molecule has 3 nitrogen and oxygen atoms in total. The molecule has 0 aromatic carbocycles. The number of rotatable bonds is 6. The van der Waals surface area contributed by atoms with Crippen LogP contribution in [0.5, 0.6) is 0 Å². The van der Waals surface area contributed by atoms with E-state index in [0.717, 1.165) is 6.42 Å². The molecule has 0 fully saturated rings. The molecule has 1 unspecified atom stereocenters. The molecule has 0 saturated carbocycles. The van der Waals surface area contributed by atoms with Crippen LogP contribution >= 0.6 is 23.2 Å². The van der Waals surface area contributed by atoms with E-state index >= 15 is 0 Å². The SMILES string of the molecule is CC(C)(C)[Si](C)(C)OCCCC(Cl)OC(=O)Cl. The number of hydrogen-bond donors (Lipinski definition) is 0. The zero-order valence-electron chi connectivity index (χ0n) is 11.2. The quantitative estimate of drug-likeness (QED) is 0.308. The van der Waals surface area contributed by atoms with Crippen LogP contribution in [-0.4, -0.2) is 25.9 Å². The lowest BCUT2D eigenvalue weighted by molar-refractivity contribution is 0.150. The van der Waals surface area contributed by atoms with Crippen LogP contribution in [-0.2, 0) is 9.16 Å². The molecule has 0 aromatic heterocycles. The van der Waals surface area contributed by atoms with Gasteiger partial charge in [0.25, 0.3) is 0 Å². The minimum Gasteiger partial charge on any atom is -0.434 e. The molecular formula is C11H22Cl2O3Si. The molecule has 0 aliphatic heterocycles. The predicted molar refractivity (Wildman–Crippen MR) is 74.4 cm³/mol. The maximum Gasteiger partial charge on any atom is 0.405 e. The van der Waals surface area contributed by atoms with E-state index in [4.69, 9.17) is 27.6 Å². The van der Waals surface area contributed by atoms with Crippen molar-refractivity contribution in [3.63, 3.8) is 0 Å². The Bertz CT molecular complexity index is 252. The van der Waals surface area contributed by atoms with Gasteiger partial charge in [0.1, 0.15) is 0 Å². The van der Waals surface area contributed by atoms with E-state index in [1.165, 1.54) is 0 Å². The summed E-state index contributed by atoms with van der Waals surface area (Å²) in [7, 11) is -1.69. The van der Waals surface area contributed by atoms with Gasteiger partial charge >= 0.3 is 5.43 Å². The number of carbonyl (C=O) groups is 1. The van der Waals surface area contributed by atoms with Gasteiger partial charge in [0.05, 0.1) is 0 Å². The van der Waals surface area contributed by atoms with Crippen LogP contribution in [0.2, 0.25) is 18.1 Å². The fraction of sp³-hybridized carbons (Fsp3) is 0.909. The van der Waals surface area contributed by atoms with Gasteiger partial charge in [-0.25, -0.2) is 4.79 Å². The number of ether oxygens (including phenoxy) is 1. The first kappa shape index (κ1) is 17.2. The third kappa shape index (κ3) is 7.29. The van der Waals surface area contributed by atoms with Crippen molar-refractivity contribution in [2.24, 2.45) is 0 Å². The van der Waals surface area contributed by atoms with Crippen molar-refractivity contribution in [3.8, 4) is 0 Å². The first-order chi connectivity index (χ1) is 7.56. The van der Waals surface area contributed by atoms with Crippen LogP contribution < -0.4 is 0 Å². The highest BCUT2D eigenvalue weighted by molar-refractivity contribution is 6.74. The number of halogens is 2. The van der Waals surface area contributed by atoms with Crippen molar-refractivity contribution < 1.29 is 14.0 Å². The minimum atomic E-state index is -1.69. The van der Waals surface area contributed by atoms with E-state index < -0.39 is 19.3 Å². The summed E-state index contributed by atoms with van der Waals surface area (Å²) in [6, 6.07) is 0. The van der Waals surface area contributed by atoms with Crippen molar-refractivity contribution in [1.29, 1.82) is 0 Å². The van der Waals surface area contributed by atoms with Gasteiger partial charge in [-0.05, 0) is 24.6 Å². The Morgan fingerprint density at radius 2 is 1.88 bits per heavy atom. The van der Waals surface area contributed by atoms with E-state index in [-0.39, 0.29) is 5.04 Å². The number of carbonyl (C=O) groups excluding carboxylic acids is 1. The van der Waals surface area contributed by atoms with E-state index in [1.54, 1.807) is 0 Å². The van der Waals surface area contributed by atoms with Gasteiger partial charge in [-0.15, -0.1) is 0 Å². The molecule has 0 radical (unpaired) electrons. The maximum absolute atomic E-state index is 10.4. The van der Waals surface area contributed by atoms with Crippen LogP contribution in [0, 0.1) is 0 Å². The van der Waals surface area contributed by atoms with Gasteiger partial charge < -0.3 is 9.16 Å². The summed E-state index contributed by atoms with van der Waals surface area (Å²) < 4.78 is 10.6. The highest BCUT2D eigenvalue weighted by Crippen LogP contribution is 2.36. The summed E-state index contributed by atoms with van der Waals surface area (Å²) in [4.78, 5) is 10.4. The Balaban J connectivity index is 3.82. The lowest BCUT2D eigenvalue weighted by Crippen LogP contribution is -2.41. The second-order valence-corrected chi connectivity index (χ2v) is 11.1. The third-order valence-corrected chi connectivity index (χ3v) is 8.00. The van der Waals surface area contributed by atoms with Gasteiger partial charge in [-0.2, -0.15) is 0 Å². The first-order valence-corrected chi connectivity index (χ1v) is 9.42. The van der Waals surface area contributed by atoms with Crippen molar-refractivity contribution in [2.45, 2.75) is 57.3 Å². The molecule has 0 saturated heterocycles. The highest BCUT2D eigenvalue weighted by atomic mass is 35.5. The molecule has 17 heavy (non-hydrogen) atoms. The fourth-order valence-corrected chi connectivity index (χ4v) is 2.42. The van der Waals surface area contributed by atoms with Crippen LogP contribution in [0.3, 0.4) is 0 Å². The third-order valence-electron chi connectivity index (χ3n) is 3.07. The van der Waals surface area contributed by atoms with Crippen molar-refractivity contribution >= 4 is 36.9 Å². The Morgan fingerprint density at radius 1 is 1.35 bits per heavy atom. The summed E-state index contributed by atoms with van der Waals surface area (Å²) in [5.74, 6) is 0. The van der Waals surface area contributed by atoms with Crippen LogP contribution in [0.15, 0.2) is 0 Å². The largest absolute Gasteiger partial charge is 0.434 e. The predicted octanol–water partition coefficient (Wildman–Crippen LogP) is 4.73. The van der Waals surface area contributed by atoms with Crippen LogP contribution in [0.4, 0.5) is 4.79 Å². The van der Waals surface area contributed by atoms with Gasteiger partial charge in [-0.1, -0.05) is 32.4 Å². The van der Waals surface area contributed by atoms with Crippen LogP contribution in [0.25, 0.3) is 0 Å². The fourth-order valence-electron chi connectivity index (χ4n) is 0.947. The molecule has 1 atom stereocenters. The van der Waals surface area contributed by atoms with E-state index in [2.05, 4.69) is 38.6 Å². The standard InChI is InChI=1S/C11H22Cl2O3Si/c1-11(2,3)17(4,5)15-8-6-7-9(12)16-10(13)14/h9H,6-8H2,1-5H3. The van der Waals surface area contributed by atoms with Gasteiger partial charge in [0.15, 0.2) is 13.9 Å². The monoisotopic (exact) mass is 300 g/mol. The minimum absolute atomic E-state index is 0.204. The second kappa shape index (κ2) is 6.97. The molecule has 0 amide bonds. The lowest BCUT2D eigenvalue weighted by atomic mass is 10.2. The zero-order valence-corrected chi connectivity index (χ0v) is 13.7. The number of hydrogen-bond acceptors (Lipinski definition) is 3. The van der Waals surface area contributed by atoms with Crippen molar-refractivity contribution in [2.75, 3.05) is 6.61 Å². The Kier molecular flexibility index (Phi) is 7.07. The average Bonchev–Trinajstić information content (AvgIpc) is 2.09.